The van der Waals surface area contributed by atoms with Crippen molar-refractivity contribution in [2.24, 2.45) is 0 Å². The summed E-state index contributed by atoms with van der Waals surface area (Å²) in [4.78, 5) is 15.5. The van der Waals surface area contributed by atoms with Crippen LogP contribution in [0.1, 0.15) is 40.4 Å². The van der Waals surface area contributed by atoms with Gasteiger partial charge >= 0.3 is 6.18 Å². The number of rotatable bonds is 3. The minimum absolute atomic E-state index is 0.256. The fraction of sp³-hybridized carbons (Fsp3) is 0.294. The Kier molecular flexibility index (Phi) is 4.69. The van der Waals surface area contributed by atoms with Gasteiger partial charge in [-0.05, 0) is 42.7 Å². The monoisotopic (exact) mass is 372 g/mol. The van der Waals surface area contributed by atoms with Gasteiger partial charge in [0.15, 0.2) is 5.69 Å². The van der Waals surface area contributed by atoms with Gasteiger partial charge in [0.05, 0.1) is 5.56 Å². The Morgan fingerprint density at radius 1 is 1.24 bits per heavy atom. The van der Waals surface area contributed by atoms with Crippen molar-refractivity contribution < 1.29 is 22.4 Å². The largest absolute Gasteiger partial charge is 0.434 e. The van der Waals surface area contributed by atoms with Gasteiger partial charge in [-0.25, -0.2) is 4.39 Å². The van der Waals surface area contributed by atoms with Crippen LogP contribution in [-0.2, 0) is 6.18 Å². The van der Waals surface area contributed by atoms with Crippen LogP contribution in [0.2, 0.25) is 5.02 Å². The van der Waals surface area contributed by atoms with Crippen molar-refractivity contribution in [3.8, 4) is 0 Å². The maximum atomic E-state index is 14.0. The summed E-state index contributed by atoms with van der Waals surface area (Å²) in [5, 5.41) is 2.81. The van der Waals surface area contributed by atoms with Crippen molar-refractivity contribution in [2.45, 2.75) is 31.0 Å². The average molecular weight is 373 g/mol. The second-order valence-corrected chi connectivity index (χ2v) is 6.26. The third-order valence-corrected chi connectivity index (χ3v) is 4.51. The lowest BCUT2D eigenvalue weighted by Crippen LogP contribution is -2.46. The number of benzene rings is 1. The first-order valence-corrected chi connectivity index (χ1v) is 7.93. The summed E-state index contributed by atoms with van der Waals surface area (Å²) in [6, 6.07) is 6.15. The molecule has 0 radical (unpaired) electrons. The van der Waals surface area contributed by atoms with Gasteiger partial charge in [-0.3, -0.25) is 9.78 Å². The first kappa shape index (κ1) is 17.7. The van der Waals surface area contributed by atoms with E-state index in [1.807, 2.05) is 0 Å². The second-order valence-electron chi connectivity index (χ2n) is 5.83. The molecule has 8 heteroatoms. The number of pyridine rings is 1. The number of carbonyl (C=O) groups is 1. The van der Waals surface area contributed by atoms with Gasteiger partial charge in [0.1, 0.15) is 5.82 Å². The Labute approximate surface area is 146 Å². The molecule has 3 rings (SSSR count). The fourth-order valence-corrected chi connectivity index (χ4v) is 3.07. The summed E-state index contributed by atoms with van der Waals surface area (Å²) >= 11 is 5.72. The lowest BCUT2D eigenvalue weighted by atomic mass is 9.74. The van der Waals surface area contributed by atoms with Crippen LogP contribution in [0.4, 0.5) is 17.6 Å². The molecule has 0 spiro atoms. The molecule has 1 heterocycles. The molecule has 0 unspecified atom stereocenters. The first-order chi connectivity index (χ1) is 11.8. The molecule has 25 heavy (non-hydrogen) atoms. The Balaban J connectivity index is 1.78. The SMILES string of the molecule is O=C(N[C@H]1CC[C@H]1c1ccc(Cl)cc1F)c1cccnc1C(F)(F)F. The van der Waals surface area contributed by atoms with Gasteiger partial charge < -0.3 is 5.32 Å². The molecule has 0 bridgehead atoms. The zero-order valence-corrected chi connectivity index (χ0v) is 13.5. The molecule has 0 saturated heterocycles. The van der Waals surface area contributed by atoms with Crippen LogP contribution < -0.4 is 5.32 Å². The number of alkyl halides is 3. The molecule has 1 aliphatic rings. The van der Waals surface area contributed by atoms with E-state index in [0.29, 0.717) is 18.4 Å². The summed E-state index contributed by atoms with van der Waals surface area (Å²) in [5.41, 5.74) is -1.39. The molecule has 1 amide bonds. The van der Waals surface area contributed by atoms with E-state index in [1.54, 1.807) is 6.07 Å². The Morgan fingerprint density at radius 2 is 2.00 bits per heavy atom. The van der Waals surface area contributed by atoms with Crippen LogP contribution in [0, 0.1) is 5.82 Å². The molecule has 1 saturated carbocycles. The predicted molar refractivity (Wildman–Crippen MR) is 83.9 cm³/mol. The Hall–Kier alpha value is -2.15. The van der Waals surface area contributed by atoms with Gasteiger partial charge in [-0.1, -0.05) is 17.7 Å². The summed E-state index contributed by atoms with van der Waals surface area (Å²) in [5.74, 6) is -1.66. The first-order valence-electron chi connectivity index (χ1n) is 7.55. The molecule has 1 N–H and O–H groups in total. The number of hydrogen-bond acceptors (Lipinski definition) is 2. The maximum absolute atomic E-state index is 14.0. The minimum atomic E-state index is -4.73. The molecule has 1 aromatic heterocycles. The topological polar surface area (TPSA) is 42.0 Å². The van der Waals surface area contributed by atoms with Gasteiger partial charge in [-0.2, -0.15) is 13.2 Å². The van der Waals surface area contributed by atoms with Crippen LogP contribution in [-0.4, -0.2) is 16.9 Å². The highest BCUT2D eigenvalue weighted by molar-refractivity contribution is 6.30. The van der Waals surface area contributed by atoms with Gasteiger partial charge in [0.25, 0.3) is 5.91 Å². The standard InChI is InChI=1S/C17H13ClF4N2O/c18-9-3-4-10(13(19)8-9)11-5-6-14(11)24-16(25)12-2-1-7-23-15(12)17(20,21)22/h1-4,7-8,11,14H,5-6H2,(H,24,25)/t11-,14-/m0/s1. The van der Waals surface area contributed by atoms with E-state index < -0.39 is 35.2 Å². The zero-order chi connectivity index (χ0) is 18.2. The van der Waals surface area contributed by atoms with Crippen molar-refractivity contribution >= 4 is 17.5 Å². The van der Waals surface area contributed by atoms with E-state index in [2.05, 4.69) is 10.3 Å². The summed E-state index contributed by atoms with van der Waals surface area (Å²) in [6.45, 7) is 0. The van der Waals surface area contributed by atoms with E-state index in [4.69, 9.17) is 11.6 Å². The smallest absolute Gasteiger partial charge is 0.349 e. The zero-order valence-electron chi connectivity index (χ0n) is 12.8. The van der Waals surface area contributed by atoms with Crippen molar-refractivity contribution in [3.63, 3.8) is 0 Å². The summed E-state index contributed by atoms with van der Waals surface area (Å²) in [7, 11) is 0. The third-order valence-electron chi connectivity index (χ3n) is 4.27. The number of aromatic nitrogens is 1. The highest BCUT2D eigenvalue weighted by Gasteiger charge is 2.39. The maximum Gasteiger partial charge on any atom is 0.434 e. The molecule has 2 aromatic rings. The quantitative estimate of drug-likeness (QED) is 0.802. The van der Waals surface area contributed by atoms with Gasteiger partial charge in [0.2, 0.25) is 0 Å². The van der Waals surface area contributed by atoms with Crippen molar-refractivity contribution in [3.05, 3.63) is 64.2 Å². The fourth-order valence-electron chi connectivity index (χ4n) is 2.91. The van der Waals surface area contributed by atoms with E-state index >= 15 is 0 Å². The minimum Gasteiger partial charge on any atom is -0.349 e. The highest BCUT2D eigenvalue weighted by Crippen LogP contribution is 2.39. The van der Waals surface area contributed by atoms with Gasteiger partial charge in [-0.15, -0.1) is 0 Å². The highest BCUT2D eigenvalue weighted by atomic mass is 35.5. The number of carbonyl (C=O) groups excluding carboxylic acids is 1. The van der Waals surface area contributed by atoms with Crippen molar-refractivity contribution in [1.82, 2.24) is 10.3 Å². The Bertz CT molecular complexity index is 809. The predicted octanol–water partition coefficient (Wildman–Crippen LogP) is 4.57. The van der Waals surface area contributed by atoms with Gasteiger partial charge in [0, 0.05) is 23.2 Å². The number of hydrogen-bond donors (Lipinski definition) is 1. The molecule has 1 aliphatic carbocycles. The normalized spacial score (nSPS) is 20.0. The third kappa shape index (κ3) is 3.61. The van der Waals surface area contributed by atoms with Crippen LogP contribution >= 0.6 is 11.6 Å². The number of nitrogens with zero attached hydrogens (tertiary/aromatic N) is 1. The molecular weight excluding hydrogens is 360 g/mol. The molecule has 132 valence electrons. The van der Waals surface area contributed by atoms with Crippen LogP contribution in [0.25, 0.3) is 0 Å². The van der Waals surface area contributed by atoms with Crippen molar-refractivity contribution in [1.29, 1.82) is 0 Å². The average Bonchev–Trinajstić information content (AvgIpc) is 2.53. The van der Waals surface area contributed by atoms with E-state index in [9.17, 15) is 22.4 Å². The second kappa shape index (κ2) is 6.63. The van der Waals surface area contributed by atoms with Crippen LogP contribution in [0.15, 0.2) is 36.5 Å². The molecule has 2 atom stereocenters. The lowest BCUT2D eigenvalue weighted by molar-refractivity contribution is -0.141. The Morgan fingerprint density at radius 3 is 2.60 bits per heavy atom. The molecule has 1 fully saturated rings. The van der Waals surface area contributed by atoms with E-state index in [1.165, 1.54) is 18.2 Å². The number of amides is 1. The van der Waals surface area contributed by atoms with E-state index in [0.717, 1.165) is 12.3 Å². The molecular formula is C17H13ClF4N2O. The summed E-state index contributed by atoms with van der Waals surface area (Å²) < 4.78 is 52.9. The molecule has 3 nitrogen and oxygen atoms in total. The molecule has 0 aliphatic heterocycles. The van der Waals surface area contributed by atoms with E-state index in [-0.39, 0.29) is 10.9 Å². The van der Waals surface area contributed by atoms with Crippen LogP contribution in [0.3, 0.4) is 0 Å². The lowest BCUT2D eigenvalue weighted by Gasteiger charge is -2.37. The summed E-state index contributed by atoms with van der Waals surface area (Å²) in [6.07, 6.45) is -2.56. The van der Waals surface area contributed by atoms with Crippen LogP contribution in [0.5, 0.6) is 0 Å². The molecule has 1 aromatic carbocycles. The number of nitrogens with one attached hydrogen (secondary N) is 1. The van der Waals surface area contributed by atoms with Crippen molar-refractivity contribution in [2.75, 3.05) is 0 Å². The number of halogens is 5.